The number of rotatable bonds is 4. The summed E-state index contributed by atoms with van der Waals surface area (Å²) >= 11 is 12.0. The van der Waals surface area contributed by atoms with Crippen LogP contribution < -0.4 is 5.32 Å². The average Bonchev–Trinajstić information content (AvgIpc) is 2.81. The van der Waals surface area contributed by atoms with Crippen LogP contribution in [0.3, 0.4) is 0 Å². The normalized spacial score (nSPS) is 12.6. The molecule has 2 aromatic rings. The fourth-order valence-corrected chi connectivity index (χ4v) is 2.23. The maximum atomic E-state index is 6.15. The topological polar surface area (TPSA) is 25.2 Å². The lowest BCUT2D eigenvalue weighted by Gasteiger charge is -2.14. The Morgan fingerprint density at radius 2 is 2.12 bits per heavy atom. The molecule has 1 unspecified atom stereocenters. The summed E-state index contributed by atoms with van der Waals surface area (Å²) in [7, 11) is 1.90. The third-order valence-corrected chi connectivity index (χ3v) is 3.26. The Labute approximate surface area is 111 Å². The first kappa shape index (κ1) is 12.5. The van der Waals surface area contributed by atoms with E-state index in [0.717, 1.165) is 17.7 Å². The second kappa shape index (κ2) is 5.58. The first-order valence-electron chi connectivity index (χ1n) is 5.35. The van der Waals surface area contributed by atoms with Crippen molar-refractivity contribution in [2.75, 3.05) is 7.05 Å². The second-order valence-corrected chi connectivity index (χ2v) is 4.64. The van der Waals surface area contributed by atoms with Gasteiger partial charge in [0.2, 0.25) is 0 Å². The third kappa shape index (κ3) is 3.03. The van der Waals surface area contributed by atoms with Crippen LogP contribution in [0.15, 0.2) is 41.0 Å². The minimum Gasteiger partial charge on any atom is -0.468 e. The van der Waals surface area contributed by atoms with Gasteiger partial charge < -0.3 is 9.73 Å². The van der Waals surface area contributed by atoms with Gasteiger partial charge in [-0.3, -0.25) is 0 Å². The van der Waals surface area contributed by atoms with Crippen molar-refractivity contribution in [2.24, 2.45) is 0 Å². The van der Waals surface area contributed by atoms with E-state index in [4.69, 9.17) is 27.6 Å². The lowest BCUT2D eigenvalue weighted by Crippen LogP contribution is -2.18. The Morgan fingerprint density at radius 1 is 1.29 bits per heavy atom. The van der Waals surface area contributed by atoms with Crippen LogP contribution in [0, 0.1) is 0 Å². The van der Waals surface area contributed by atoms with E-state index in [9.17, 15) is 0 Å². The highest BCUT2D eigenvalue weighted by Crippen LogP contribution is 2.26. The largest absolute Gasteiger partial charge is 0.468 e. The van der Waals surface area contributed by atoms with Gasteiger partial charge in [-0.2, -0.15) is 0 Å². The summed E-state index contributed by atoms with van der Waals surface area (Å²) in [6.45, 7) is 0. The van der Waals surface area contributed by atoms with Crippen molar-refractivity contribution in [2.45, 2.75) is 12.5 Å². The minimum absolute atomic E-state index is 0.115. The van der Waals surface area contributed by atoms with Crippen LogP contribution in [-0.4, -0.2) is 7.05 Å². The minimum atomic E-state index is 0.115. The first-order valence-corrected chi connectivity index (χ1v) is 6.11. The summed E-state index contributed by atoms with van der Waals surface area (Å²) in [5, 5.41) is 4.54. The van der Waals surface area contributed by atoms with Gasteiger partial charge in [0.05, 0.1) is 12.3 Å². The van der Waals surface area contributed by atoms with E-state index in [2.05, 4.69) is 5.32 Å². The summed E-state index contributed by atoms with van der Waals surface area (Å²) < 4.78 is 5.39. The lowest BCUT2D eigenvalue weighted by atomic mass is 10.0. The fraction of sp³-hybridized carbons (Fsp3) is 0.231. The molecule has 1 aromatic heterocycles. The Hall–Kier alpha value is -0.960. The average molecular weight is 270 g/mol. The second-order valence-electron chi connectivity index (χ2n) is 3.80. The molecule has 0 saturated heterocycles. The Bertz CT molecular complexity index is 482. The van der Waals surface area contributed by atoms with Crippen LogP contribution >= 0.6 is 23.2 Å². The highest BCUT2D eigenvalue weighted by atomic mass is 35.5. The van der Waals surface area contributed by atoms with E-state index < -0.39 is 0 Å². The molecule has 1 aromatic carbocycles. The molecule has 0 bridgehead atoms. The van der Waals surface area contributed by atoms with E-state index in [1.165, 1.54) is 0 Å². The van der Waals surface area contributed by atoms with Crippen molar-refractivity contribution in [3.63, 3.8) is 0 Å². The molecule has 0 aliphatic rings. The number of hydrogen-bond acceptors (Lipinski definition) is 2. The molecule has 0 radical (unpaired) electrons. The van der Waals surface area contributed by atoms with Gasteiger partial charge in [0, 0.05) is 10.0 Å². The van der Waals surface area contributed by atoms with Crippen LogP contribution in [0.5, 0.6) is 0 Å². The van der Waals surface area contributed by atoms with Crippen molar-refractivity contribution < 1.29 is 4.42 Å². The predicted octanol–water partition coefficient (Wildman–Crippen LogP) is 4.09. The van der Waals surface area contributed by atoms with Crippen LogP contribution in [0.25, 0.3) is 0 Å². The number of benzene rings is 1. The smallest absolute Gasteiger partial charge is 0.121 e. The van der Waals surface area contributed by atoms with Crippen molar-refractivity contribution in [3.05, 3.63) is 58.0 Å². The zero-order valence-corrected chi connectivity index (χ0v) is 10.9. The molecule has 17 heavy (non-hydrogen) atoms. The van der Waals surface area contributed by atoms with Gasteiger partial charge in [-0.25, -0.2) is 0 Å². The van der Waals surface area contributed by atoms with Gasteiger partial charge in [0.25, 0.3) is 0 Å². The molecule has 0 amide bonds. The number of halogens is 2. The molecule has 0 saturated carbocycles. The summed E-state index contributed by atoms with van der Waals surface area (Å²) in [5.41, 5.74) is 1.05. The van der Waals surface area contributed by atoms with E-state index in [-0.39, 0.29) is 6.04 Å². The van der Waals surface area contributed by atoms with E-state index in [1.54, 1.807) is 12.3 Å². The summed E-state index contributed by atoms with van der Waals surface area (Å²) in [5.74, 6) is 0.901. The molecule has 2 rings (SSSR count). The molecule has 90 valence electrons. The molecule has 4 heteroatoms. The number of furan rings is 1. The zero-order valence-electron chi connectivity index (χ0n) is 9.41. The van der Waals surface area contributed by atoms with E-state index in [1.807, 2.05) is 31.3 Å². The number of nitrogens with one attached hydrogen (secondary N) is 1. The maximum Gasteiger partial charge on any atom is 0.121 e. The first-order chi connectivity index (χ1) is 8.20. The monoisotopic (exact) mass is 269 g/mol. The maximum absolute atomic E-state index is 6.15. The van der Waals surface area contributed by atoms with Gasteiger partial charge in [0.15, 0.2) is 0 Å². The standard InChI is InChI=1S/C13H13Cl2NO/c1-16-12(13-3-2-6-17-13)7-9-4-5-10(14)8-11(9)15/h2-6,8,12,16H,7H2,1H3. The summed E-state index contributed by atoms with van der Waals surface area (Å²) in [6, 6.07) is 9.49. The van der Waals surface area contributed by atoms with Crippen LogP contribution in [-0.2, 0) is 6.42 Å². The van der Waals surface area contributed by atoms with Gasteiger partial charge in [0.1, 0.15) is 5.76 Å². The molecule has 0 fully saturated rings. The lowest BCUT2D eigenvalue weighted by molar-refractivity contribution is 0.429. The molecule has 0 aliphatic heterocycles. The molecular formula is C13H13Cl2NO. The highest BCUT2D eigenvalue weighted by molar-refractivity contribution is 6.35. The molecular weight excluding hydrogens is 257 g/mol. The van der Waals surface area contributed by atoms with Gasteiger partial charge in [-0.15, -0.1) is 0 Å². The molecule has 1 N–H and O–H groups in total. The summed E-state index contributed by atoms with van der Waals surface area (Å²) in [4.78, 5) is 0. The van der Waals surface area contributed by atoms with E-state index in [0.29, 0.717) is 10.0 Å². The molecule has 0 aliphatic carbocycles. The molecule has 0 spiro atoms. The quantitative estimate of drug-likeness (QED) is 0.905. The predicted molar refractivity (Wildman–Crippen MR) is 70.7 cm³/mol. The van der Waals surface area contributed by atoms with Gasteiger partial charge >= 0.3 is 0 Å². The third-order valence-electron chi connectivity index (χ3n) is 2.67. The highest BCUT2D eigenvalue weighted by Gasteiger charge is 2.14. The number of hydrogen-bond donors (Lipinski definition) is 1. The molecule has 1 atom stereocenters. The SMILES string of the molecule is CNC(Cc1ccc(Cl)cc1Cl)c1ccco1. The van der Waals surface area contributed by atoms with Crippen molar-refractivity contribution in [1.82, 2.24) is 5.32 Å². The molecule has 2 nitrogen and oxygen atoms in total. The fourth-order valence-electron chi connectivity index (χ4n) is 1.74. The Kier molecular flexibility index (Phi) is 4.11. The van der Waals surface area contributed by atoms with Crippen molar-refractivity contribution >= 4 is 23.2 Å². The Morgan fingerprint density at radius 3 is 2.71 bits per heavy atom. The van der Waals surface area contributed by atoms with Crippen LogP contribution in [0.2, 0.25) is 10.0 Å². The van der Waals surface area contributed by atoms with Crippen LogP contribution in [0.4, 0.5) is 0 Å². The van der Waals surface area contributed by atoms with Gasteiger partial charge in [-0.1, -0.05) is 29.3 Å². The van der Waals surface area contributed by atoms with E-state index >= 15 is 0 Å². The zero-order chi connectivity index (χ0) is 12.3. The van der Waals surface area contributed by atoms with Crippen LogP contribution in [0.1, 0.15) is 17.4 Å². The summed E-state index contributed by atoms with van der Waals surface area (Å²) in [6.07, 6.45) is 2.43. The van der Waals surface area contributed by atoms with Crippen molar-refractivity contribution in [3.8, 4) is 0 Å². The Balaban J connectivity index is 2.19. The number of likely N-dealkylation sites (N-methyl/N-ethyl adjacent to an activating group) is 1. The molecule has 1 heterocycles. The van der Waals surface area contributed by atoms with Crippen molar-refractivity contribution in [1.29, 1.82) is 0 Å². The van der Waals surface area contributed by atoms with Gasteiger partial charge in [-0.05, 0) is 43.3 Å².